The van der Waals surface area contributed by atoms with Crippen LogP contribution < -0.4 is 4.74 Å². The first-order valence-corrected chi connectivity index (χ1v) is 10.3. The minimum absolute atomic E-state index is 0.613. The number of nitrogens with zero attached hydrogens (tertiary/aromatic N) is 2. The Morgan fingerprint density at radius 3 is 2.25 bits per heavy atom. The minimum atomic E-state index is 0.613. The number of ether oxygens (including phenoxy) is 1. The molecule has 0 bridgehead atoms. The molecule has 28 heavy (non-hydrogen) atoms. The Kier molecular flexibility index (Phi) is 6.16. The highest BCUT2D eigenvalue weighted by molar-refractivity contribution is 6.32. The third kappa shape index (κ3) is 4.67. The summed E-state index contributed by atoms with van der Waals surface area (Å²) < 4.78 is 5.87. The van der Waals surface area contributed by atoms with Gasteiger partial charge in [0.15, 0.2) is 0 Å². The Balaban J connectivity index is 1.42. The van der Waals surface area contributed by atoms with Crippen molar-refractivity contribution >= 4 is 23.2 Å². The van der Waals surface area contributed by atoms with Gasteiger partial charge in [0.05, 0.1) is 10.7 Å². The highest BCUT2D eigenvalue weighted by atomic mass is 35.5. The number of likely N-dealkylation sites (tertiary alicyclic amines) is 1. The van der Waals surface area contributed by atoms with Crippen molar-refractivity contribution < 1.29 is 4.74 Å². The second-order valence-corrected chi connectivity index (χ2v) is 7.83. The lowest BCUT2D eigenvalue weighted by atomic mass is 10.1. The molecule has 0 N–H and O–H groups in total. The third-order valence-electron chi connectivity index (χ3n) is 5.03. The van der Waals surface area contributed by atoms with Gasteiger partial charge in [-0.15, -0.1) is 0 Å². The maximum atomic E-state index is 6.44. The lowest BCUT2D eigenvalue weighted by Crippen LogP contribution is -2.25. The van der Waals surface area contributed by atoms with E-state index in [9.17, 15) is 0 Å². The van der Waals surface area contributed by atoms with Crippen molar-refractivity contribution in [2.24, 2.45) is 0 Å². The van der Waals surface area contributed by atoms with Gasteiger partial charge in [0.2, 0.25) is 0 Å². The third-order valence-corrected chi connectivity index (χ3v) is 5.58. The molecule has 3 nitrogen and oxygen atoms in total. The van der Waals surface area contributed by atoms with E-state index in [1.54, 1.807) is 0 Å². The molecule has 5 heteroatoms. The molecule has 0 unspecified atom stereocenters. The van der Waals surface area contributed by atoms with Crippen LogP contribution in [0.5, 0.6) is 5.75 Å². The summed E-state index contributed by atoms with van der Waals surface area (Å²) in [6.07, 6.45) is 4.45. The maximum absolute atomic E-state index is 6.44. The van der Waals surface area contributed by atoms with Gasteiger partial charge in [0.25, 0.3) is 0 Å². The van der Waals surface area contributed by atoms with Crippen molar-refractivity contribution in [3.63, 3.8) is 0 Å². The molecule has 1 aliphatic heterocycles. The molecule has 0 saturated carbocycles. The molecule has 144 valence electrons. The summed E-state index contributed by atoms with van der Waals surface area (Å²) in [7, 11) is 0. The van der Waals surface area contributed by atoms with Gasteiger partial charge in [-0.3, -0.25) is 9.88 Å². The second kappa shape index (κ2) is 8.95. The van der Waals surface area contributed by atoms with Crippen molar-refractivity contribution in [3.8, 4) is 28.1 Å². The van der Waals surface area contributed by atoms with E-state index in [1.165, 1.54) is 25.9 Å². The first-order chi connectivity index (χ1) is 13.7. The smallest absolute Gasteiger partial charge is 0.137 e. The van der Waals surface area contributed by atoms with E-state index >= 15 is 0 Å². The lowest BCUT2D eigenvalue weighted by Gasteiger charge is -2.15. The molecule has 2 aromatic carbocycles. The van der Waals surface area contributed by atoms with Crippen molar-refractivity contribution in [1.82, 2.24) is 9.88 Å². The van der Waals surface area contributed by atoms with Crippen LogP contribution in [0.25, 0.3) is 22.4 Å². The number of hydrogen-bond acceptors (Lipinski definition) is 3. The van der Waals surface area contributed by atoms with Crippen molar-refractivity contribution in [2.75, 3.05) is 26.2 Å². The normalized spacial score (nSPS) is 14.4. The Morgan fingerprint density at radius 2 is 1.57 bits per heavy atom. The van der Waals surface area contributed by atoms with Crippen LogP contribution in [0.2, 0.25) is 10.0 Å². The number of halogens is 2. The molecule has 1 aliphatic rings. The molecule has 4 rings (SSSR count). The first-order valence-electron chi connectivity index (χ1n) is 9.56. The molecular weight excluding hydrogens is 391 g/mol. The van der Waals surface area contributed by atoms with Crippen LogP contribution in [0.15, 0.2) is 60.8 Å². The quantitative estimate of drug-likeness (QED) is 0.481. The molecular formula is C23H22Cl2N2O. The van der Waals surface area contributed by atoms with Gasteiger partial charge in [-0.25, -0.2) is 0 Å². The summed E-state index contributed by atoms with van der Waals surface area (Å²) in [6.45, 7) is 3.96. The Bertz CT molecular complexity index is 920. The summed E-state index contributed by atoms with van der Waals surface area (Å²) in [5, 5.41) is 1.34. The average molecular weight is 413 g/mol. The topological polar surface area (TPSA) is 25.4 Å². The summed E-state index contributed by atoms with van der Waals surface area (Å²) in [5.74, 6) is 0.724. The standard InChI is InChI=1S/C23H22Cl2N2O/c24-20-7-3-17(4-8-20)19-5-9-22(26-16-19)18-6-10-23(21(25)15-18)28-14-13-27-11-1-2-12-27/h3-10,15-16H,1-2,11-14H2. The number of pyridine rings is 1. The fourth-order valence-corrected chi connectivity index (χ4v) is 3.81. The van der Waals surface area contributed by atoms with E-state index in [0.29, 0.717) is 11.6 Å². The second-order valence-electron chi connectivity index (χ2n) is 6.98. The van der Waals surface area contributed by atoms with E-state index in [4.69, 9.17) is 27.9 Å². The molecule has 0 amide bonds. The predicted molar refractivity (Wildman–Crippen MR) is 116 cm³/mol. The van der Waals surface area contributed by atoms with Crippen LogP contribution in [-0.4, -0.2) is 36.1 Å². The van der Waals surface area contributed by atoms with Crippen LogP contribution in [0.4, 0.5) is 0 Å². The van der Waals surface area contributed by atoms with E-state index < -0.39 is 0 Å². The van der Waals surface area contributed by atoms with Crippen molar-refractivity contribution in [1.29, 1.82) is 0 Å². The number of hydrogen-bond donors (Lipinski definition) is 0. The zero-order valence-corrected chi connectivity index (χ0v) is 17.1. The maximum Gasteiger partial charge on any atom is 0.137 e. The highest BCUT2D eigenvalue weighted by Gasteiger charge is 2.12. The predicted octanol–water partition coefficient (Wildman–Crippen LogP) is 6.20. The summed E-state index contributed by atoms with van der Waals surface area (Å²) in [4.78, 5) is 7.02. The van der Waals surface area contributed by atoms with E-state index in [0.717, 1.165) is 39.7 Å². The number of rotatable bonds is 6. The zero-order chi connectivity index (χ0) is 19.3. The Hall–Kier alpha value is -2.07. The largest absolute Gasteiger partial charge is 0.491 e. The molecule has 3 aromatic rings. The molecule has 1 fully saturated rings. The van der Waals surface area contributed by atoms with Gasteiger partial charge < -0.3 is 4.74 Å². The Morgan fingerprint density at radius 1 is 0.857 bits per heavy atom. The van der Waals surface area contributed by atoms with Crippen LogP contribution in [0.3, 0.4) is 0 Å². The fraction of sp³-hybridized carbons (Fsp3) is 0.261. The van der Waals surface area contributed by atoms with Gasteiger partial charge >= 0.3 is 0 Å². The molecule has 0 aliphatic carbocycles. The minimum Gasteiger partial charge on any atom is -0.491 e. The summed E-state index contributed by atoms with van der Waals surface area (Å²) in [6, 6.07) is 17.6. The van der Waals surface area contributed by atoms with Crippen LogP contribution in [0.1, 0.15) is 12.8 Å². The van der Waals surface area contributed by atoms with Gasteiger partial charge in [-0.2, -0.15) is 0 Å². The van der Waals surface area contributed by atoms with Gasteiger partial charge in [0.1, 0.15) is 12.4 Å². The van der Waals surface area contributed by atoms with E-state index in [1.807, 2.05) is 54.7 Å². The summed E-state index contributed by atoms with van der Waals surface area (Å²) in [5.41, 5.74) is 3.99. The van der Waals surface area contributed by atoms with E-state index in [2.05, 4.69) is 16.0 Å². The Labute approximate surface area is 175 Å². The zero-order valence-electron chi connectivity index (χ0n) is 15.6. The van der Waals surface area contributed by atoms with E-state index in [-0.39, 0.29) is 0 Å². The summed E-state index contributed by atoms with van der Waals surface area (Å²) >= 11 is 12.4. The SMILES string of the molecule is Clc1ccc(-c2ccc(-c3ccc(OCCN4CCCC4)c(Cl)c3)nc2)cc1. The van der Waals surface area contributed by atoms with Gasteiger partial charge in [0, 0.05) is 28.9 Å². The molecule has 0 radical (unpaired) electrons. The van der Waals surface area contributed by atoms with Crippen LogP contribution in [-0.2, 0) is 0 Å². The number of benzene rings is 2. The fourth-order valence-electron chi connectivity index (χ4n) is 3.45. The molecule has 0 atom stereocenters. The van der Waals surface area contributed by atoms with Crippen molar-refractivity contribution in [2.45, 2.75) is 12.8 Å². The molecule has 1 saturated heterocycles. The first kappa shape index (κ1) is 19.3. The van der Waals surface area contributed by atoms with Crippen LogP contribution in [0, 0.1) is 0 Å². The molecule has 1 aromatic heterocycles. The van der Waals surface area contributed by atoms with Gasteiger partial charge in [-0.1, -0.05) is 41.4 Å². The lowest BCUT2D eigenvalue weighted by molar-refractivity contribution is 0.238. The van der Waals surface area contributed by atoms with Crippen molar-refractivity contribution in [3.05, 3.63) is 70.8 Å². The highest BCUT2D eigenvalue weighted by Crippen LogP contribution is 2.30. The van der Waals surface area contributed by atoms with Gasteiger partial charge in [-0.05, 0) is 67.9 Å². The van der Waals surface area contributed by atoms with Crippen LogP contribution >= 0.6 is 23.2 Å². The average Bonchev–Trinajstić information content (AvgIpc) is 3.23. The molecule has 0 spiro atoms. The molecule has 2 heterocycles. The number of aromatic nitrogens is 1. The monoisotopic (exact) mass is 412 g/mol.